The summed E-state index contributed by atoms with van der Waals surface area (Å²) in [4.78, 5) is 5.31. The van der Waals surface area contributed by atoms with E-state index in [1.165, 1.54) is 78.3 Å². The van der Waals surface area contributed by atoms with Gasteiger partial charge in [0.15, 0.2) is 0 Å². The van der Waals surface area contributed by atoms with E-state index in [1.807, 2.05) is 0 Å². The van der Waals surface area contributed by atoms with E-state index in [0.717, 1.165) is 0 Å². The van der Waals surface area contributed by atoms with Gasteiger partial charge >= 0.3 is 0 Å². The topological polar surface area (TPSA) is 6.48 Å². The predicted molar refractivity (Wildman–Crippen MR) is 264 cm³/mol. The van der Waals surface area contributed by atoms with Gasteiger partial charge in [-0.2, -0.15) is 0 Å². The molecule has 3 heteroatoms. The molecule has 0 amide bonds. The van der Waals surface area contributed by atoms with Gasteiger partial charge in [-0.15, -0.1) is 0 Å². The second-order valence-corrected chi connectivity index (χ2v) is 20.8. The van der Waals surface area contributed by atoms with Crippen molar-refractivity contribution in [3.8, 4) is 0 Å². The van der Waals surface area contributed by atoms with E-state index in [9.17, 15) is 0 Å². The van der Waals surface area contributed by atoms with Crippen LogP contribution in [0.25, 0.3) is 0 Å². The third-order valence-electron chi connectivity index (χ3n) is 14.1. The number of anilines is 5. The first-order chi connectivity index (χ1) is 29.1. The molecule has 6 aromatic rings. The molecular formula is C58H63BN2. The molecule has 0 saturated carbocycles. The molecule has 0 saturated heterocycles. The average molecular weight is 799 g/mol. The summed E-state index contributed by atoms with van der Waals surface area (Å²) in [5.41, 5.74) is 18.0. The van der Waals surface area contributed by atoms with E-state index in [0.29, 0.717) is 11.8 Å². The van der Waals surface area contributed by atoms with Crippen LogP contribution in [0.2, 0.25) is 5.82 Å². The lowest BCUT2D eigenvalue weighted by Gasteiger charge is -2.51. The molecule has 0 spiro atoms. The normalized spacial score (nSPS) is 17.3. The Bertz CT molecular complexity index is 2580. The molecule has 0 fully saturated rings. The fourth-order valence-electron chi connectivity index (χ4n) is 10.3. The molecule has 0 bridgehead atoms. The molecule has 2 unspecified atom stereocenters. The first-order valence-corrected chi connectivity index (χ1v) is 22.7. The lowest BCUT2D eigenvalue weighted by Crippen LogP contribution is -2.62. The summed E-state index contributed by atoms with van der Waals surface area (Å²) in [6.07, 6.45) is 7.60. The van der Waals surface area contributed by atoms with Gasteiger partial charge in [-0.1, -0.05) is 185 Å². The van der Waals surface area contributed by atoms with Crippen LogP contribution in [0, 0.1) is 5.92 Å². The van der Waals surface area contributed by atoms with E-state index >= 15 is 0 Å². The van der Waals surface area contributed by atoms with Crippen molar-refractivity contribution in [1.82, 2.24) is 0 Å². The first kappa shape index (κ1) is 40.8. The van der Waals surface area contributed by atoms with Gasteiger partial charge in [-0.05, 0) is 128 Å². The summed E-state index contributed by atoms with van der Waals surface area (Å²) in [7, 11) is 0. The highest BCUT2D eigenvalue weighted by molar-refractivity contribution is 6.91. The maximum atomic E-state index is 2.70. The lowest BCUT2D eigenvalue weighted by atomic mass is 9.28. The van der Waals surface area contributed by atoms with Crippen LogP contribution >= 0.6 is 0 Å². The predicted octanol–water partition coefficient (Wildman–Crippen LogP) is 14.2. The van der Waals surface area contributed by atoms with Crippen LogP contribution in [0.5, 0.6) is 0 Å². The molecule has 2 atom stereocenters. The third kappa shape index (κ3) is 6.99. The SMILES string of the molecule is CC(C)C1=CC2B3c4cc(C(C)(C)C)ccc4N(c4ccc(C(C)(C)C)cc4)c4cc(C(C)(c5ccccc5)c5ccccc5)cc(c43)N(c3ccc(C(C)C)cc3)C2C=C1. The summed E-state index contributed by atoms with van der Waals surface area (Å²) in [6, 6.07) is 53.9. The number of nitrogens with zero attached hydrogens (tertiary/aromatic N) is 2. The summed E-state index contributed by atoms with van der Waals surface area (Å²) >= 11 is 0. The van der Waals surface area contributed by atoms with Crippen LogP contribution in [-0.2, 0) is 16.2 Å². The Hall–Kier alpha value is -5.54. The summed E-state index contributed by atoms with van der Waals surface area (Å²) in [5.74, 6) is 1.11. The third-order valence-corrected chi connectivity index (χ3v) is 14.1. The van der Waals surface area contributed by atoms with Crippen LogP contribution < -0.4 is 20.7 Å². The number of benzene rings is 6. The van der Waals surface area contributed by atoms with Crippen molar-refractivity contribution in [2.75, 3.05) is 9.80 Å². The monoisotopic (exact) mass is 799 g/mol. The molecule has 9 rings (SSSR count). The summed E-state index contributed by atoms with van der Waals surface area (Å²) in [5, 5.41) is 0. The Morgan fingerprint density at radius 1 is 0.508 bits per heavy atom. The number of hydrogen-bond acceptors (Lipinski definition) is 2. The highest BCUT2D eigenvalue weighted by atomic mass is 15.2. The van der Waals surface area contributed by atoms with Gasteiger partial charge in [-0.3, -0.25) is 0 Å². The van der Waals surface area contributed by atoms with Gasteiger partial charge in [-0.25, -0.2) is 0 Å². The molecule has 1 aliphatic carbocycles. The van der Waals surface area contributed by atoms with Gasteiger partial charge in [0.1, 0.15) is 0 Å². The van der Waals surface area contributed by atoms with E-state index in [4.69, 9.17) is 0 Å². The summed E-state index contributed by atoms with van der Waals surface area (Å²) < 4.78 is 0. The van der Waals surface area contributed by atoms with Crippen LogP contribution in [0.4, 0.5) is 28.4 Å². The van der Waals surface area contributed by atoms with Crippen LogP contribution in [-0.4, -0.2) is 12.8 Å². The average Bonchev–Trinajstić information content (AvgIpc) is 3.25. The Balaban J connectivity index is 1.42. The minimum Gasteiger partial charge on any atom is -0.335 e. The van der Waals surface area contributed by atoms with Crippen molar-refractivity contribution >= 4 is 46.1 Å². The van der Waals surface area contributed by atoms with E-state index in [-0.39, 0.29) is 29.4 Å². The molecule has 3 aliphatic rings. The van der Waals surface area contributed by atoms with Crippen molar-refractivity contribution in [2.45, 2.75) is 110 Å². The molecule has 0 radical (unpaired) electrons. The highest BCUT2D eigenvalue weighted by Crippen LogP contribution is 2.52. The second kappa shape index (κ2) is 15.1. The molecule has 0 N–H and O–H groups in total. The van der Waals surface area contributed by atoms with Crippen molar-refractivity contribution in [2.24, 2.45) is 5.92 Å². The highest BCUT2D eigenvalue weighted by Gasteiger charge is 2.50. The number of fused-ring (bicyclic) bond motifs is 4. The number of allylic oxidation sites excluding steroid dienone is 2. The van der Waals surface area contributed by atoms with Crippen LogP contribution in [0.1, 0.15) is 115 Å². The van der Waals surface area contributed by atoms with E-state index < -0.39 is 5.41 Å². The maximum absolute atomic E-state index is 2.70. The van der Waals surface area contributed by atoms with E-state index in [1.54, 1.807) is 0 Å². The number of rotatable bonds is 7. The zero-order valence-corrected chi connectivity index (χ0v) is 38.3. The van der Waals surface area contributed by atoms with Gasteiger partial charge in [0.05, 0.1) is 6.04 Å². The Morgan fingerprint density at radius 3 is 1.62 bits per heavy atom. The molecule has 61 heavy (non-hydrogen) atoms. The molecule has 2 heterocycles. The fourth-order valence-corrected chi connectivity index (χ4v) is 10.3. The molecule has 2 nitrogen and oxygen atoms in total. The zero-order chi connectivity index (χ0) is 43.0. The van der Waals surface area contributed by atoms with Crippen LogP contribution in [0.3, 0.4) is 0 Å². The van der Waals surface area contributed by atoms with Crippen molar-refractivity contribution in [3.63, 3.8) is 0 Å². The minimum atomic E-state index is -0.446. The fraction of sp³-hybridized carbons (Fsp3) is 0.310. The largest absolute Gasteiger partial charge is 0.335 e. The smallest absolute Gasteiger partial charge is 0.226 e. The van der Waals surface area contributed by atoms with Gasteiger partial charge in [0.2, 0.25) is 6.71 Å². The molecule has 2 aliphatic heterocycles. The van der Waals surface area contributed by atoms with Crippen molar-refractivity contribution in [1.29, 1.82) is 0 Å². The van der Waals surface area contributed by atoms with E-state index in [2.05, 4.69) is 244 Å². The maximum Gasteiger partial charge on any atom is 0.226 e. The van der Waals surface area contributed by atoms with Crippen LogP contribution in [0.15, 0.2) is 163 Å². The second-order valence-electron chi connectivity index (χ2n) is 20.8. The molecule has 308 valence electrons. The lowest BCUT2D eigenvalue weighted by molar-refractivity contribution is 0.590. The number of hydrogen-bond donors (Lipinski definition) is 0. The van der Waals surface area contributed by atoms with Gasteiger partial charge in [0, 0.05) is 33.9 Å². The summed E-state index contributed by atoms with van der Waals surface area (Å²) in [6.45, 7) is 25.8. The Morgan fingerprint density at radius 2 is 1.07 bits per heavy atom. The zero-order valence-electron chi connectivity index (χ0n) is 38.3. The molecule has 6 aromatic carbocycles. The minimum absolute atomic E-state index is 0.00196. The Kier molecular flexibility index (Phi) is 10.1. The first-order valence-electron chi connectivity index (χ1n) is 22.7. The van der Waals surface area contributed by atoms with Crippen molar-refractivity contribution in [3.05, 3.63) is 197 Å². The molecule has 0 aromatic heterocycles. The van der Waals surface area contributed by atoms with Gasteiger partial charge < -0.3 is 9.80 Å². The Labute approximate surface area is 367 Å². The molecular weight excluding hydrogens is 735 g/mol. The quantitative estimate of drug-likeness (QED) is 0.117. The van der Waals surface area contributed by atoms with Crippen molar-refractivity contribution < 1.29 is 0 Å². The standard InChI is InChI=1S/C58H63BN2/c1-38(2)40-22-28-47(29-23-40)60-51-32-24-41(39(3)4)34-49(51)59-50-35-45(57(8,9)10)27-33-52(50)61(48-30-25-42(26-31-48)56(5,6)7)54-37-46(36-53(60)55(54)59)58(11,43-18-14-12-15-19-43)44-20-16-13-17-21-44/h12-39,49,51H,1-11H3. The van der Waals surface area contributed by atoms with Gasteiger partial charge in [0.25, 0.3) is 0 Å².